The van der Waals surface area contributed by atoms with E-state index in [2.05, 4.69) is 20.6 Å². The number of methoxy groups -OCH3 is 1. The van der Waals surface area contributed by atoms with Gasteiger partial charge < -0.3 is 10.1 Å². The van der Waals surface area contributed by atoms with Crippen molar-refractivity contribution in [1.29, 1.82) is 0 Å². The summed E-state index contributed by atoms with van der Waals surface area (Å²) in [6.45, 7) is 3.71. The fourth-order valence-corrected chi connectivity index (χ4v) is 3.55. The van der Waals surface area contributed by atoms with E-state index in [1.807, 2.05) is 6.92 Å². The lowest BCUT2D eigenvalue weighted by Gasteiger charge is -2.11. The van der Waals surface area contributed by atoms with Crippen LogP contribution in [-0.4, -0.2) is 32.8 Å². The Morgan fingerprint density at radius 2 is 1.94 bits per heavy atom. The molecule has 0 saturated carbocycles. The Labute approximate surface area is 182 Å². The normalized spacial score (nSPS) is 11.0. The minimum Gasteiger partial charge on any atom is -0.495 e. The van der Waals surface area contributed by atoms with Crippen LogP contribution in [0.15, 0.2) is 42.5 Å². The number of carbonyl (C=O) groups is 1. The summed E-state index contributed by atoms with van der Waals surface area (Å²) in [6, 6.07) is 11.0. The second-order valence-corrected chi connectivity index (χ2v) is 7.29. The van der Waals surface area contributed by atoms with E-state index in [9.17, 15) is 9.18 Å². The smallest absolute Gasteiger partial charge is 0.278 e. The van der Waals surface area contributed by atoms with E-state index in [4.69, 9.17) is 16.3 Å². The van der Waals surface area contributed by atoms with E-state index < -0.39 is 5.91 Å². The molecule has 9 heteroatoms. The van der Waals surface area contributed by atoms with Crippen molar-refractivity contribution in [2.75, 3.05) is 12.4 Å². The monoisotopic (exact) mass is 439 g/mol. The van der Waals surface area contributed by atoms with Crippen molar-refractivity contribution in [2.24, 2.45) is 0 Å². The van der Waals surface area contributed by atoms with Crippen molar-refractivity contribution in [2.45, 2.75) is 20.3 Å². The summed E-state index contributed by atoms with van der Waals surface area (Å²) in [6.07, 6.45) is 0.636. The maximum Gasteiger partial charge on any atom is 0.278 e. The Bertz CT molecular complexity index is 1290. The minimum absolute atomic E-state index is 0.116. The summed E-state index contributed by atoms with van der Waals surface area (Å²) in [4.78, 5) is 12.9. The first-order valence-corrected chi connectivity index (χ1v) is 9.96. The van der Waals surface area contributed by atoms with Crippen LogP contribution in [-0.2, 0) is 6.42 Å². The number of nitrogens with zero attached hydrogens (tertiary/aromatic N) is 4. The number of fused-ring (bicyclic) bond motifs is 1. The summed E-state index contributed by atoms with van der Waals surface area (Å²) >= 11 is 6.04. The molecule has 0 bridgehead atoms. The molecule has 0 aliphatic carbocycles. The number of ether oxygens (including phenoxy) is 1. The average molecular weight is 440 g/mol. The third-order valence-electron chi connectivity index (χ3n) is 4.93. The van der Waals surface area contributed by atoms with Gasteiger partial charge in [-0.05, 0) is 49.2 Å². The molecule has 7 nitrogen and oxygen atoms in total. The van der Waals surface area contributed by atoms with Crippen molar-refractivity contribution in [3.05, 3.63) is 70.4 Å². The highest BCUT2D eigenvalue weighted by Gasteiger charge is 2.22. The first-order chi connectivity index (χ1) is 14.9. The van der Waals surface area contributed by atoms with Crippen LogP contribution in [0.4, 0.5) is 10.1 Å². The molecule has 1 N–H and O–H groups in total. The quantitative estimate of drug-likeness (QED) is 0.486. The number of hydrogen-bond donors (Lipinski definition) is 1. The van der Waals surface area contributed by atoms with Crippen molar-refractivity contribution < 1.29 is 13.9 Å². The fraction of sp³-hybridized carbons (Fsp3) is 0.182. The van der Waals surface area contributed by atoms with Crippen molar-refractivity contribution in [1.82, 2.24) is 19.8 Å². The third-order valence-corrected chi connectivity index (χ3v) is 5.17. The molecule has 2 heterocycles. The van der Waals surface area contributed by atoms with Crippen LogP contribution in [0.25, 0.3) is 16.8 Å². The highest BCUT2D eigenvalue weighted by molar-refractivity contribution is 6.31. The molecule has 0 unspecified atom stereocenters. The topological polar surface area (TPSA) is 81.4 Å². The molecule has 0 aliphatic rings. The summed E-state index contributed by atoms with van der Waals surface area (Å²) in [7, 11) is 1.50. The highest BCUT2D eigenvalue weighted by Crippen LogP contribution is 2.30. The van der Waals surface area contributed by atoms with Gasteiger partial charge in [0.15, 0.2) is 11.3 Å². The number of aryl methyl sites for hydroxylation is 2. The van der Waals surface area contributed by atoms with E-state index in [0.717, 1.165) is 16.8 Å². The first-order valence-electron chi connectivity index (χ1n) is 9.58. The number of halogens is 2. The van der Waals surface area contributed by atoms with E-state index >= 15 is 0 Å². The van der Waals surface area contributed by atoms with Crippen molar-refractivity contribution in [3.8, 4) is 16.9 Å². The minimum atomic E-state index is -0.468. The van der Waals surface area contributed by atoms with Gasteiger partial charge in [-0.3, -0.25) is 4.79 Å². The van der Waals surface area contributed by atoms with Gasteiger partial charge >= 0.3 is 0 Å². The van der Waals surface area contributed by atoms with Crippen LogP contribution >= 0.6 is 11.6 Å². The molecule has 0 fully saturated rings. The van der Waals surface area contributed by atoms with Crippen LogP contribution in [0.3, 0.4) is 0 Å². The Morgan fingerprint density at radius 3 is 2.61 bits per heavy atom. The second-order valence-electron chi connectivity index (χ2n) is 6.85. The first kappa shape index (κ1) is 20.7. The zero-order valence-corrected chi connectivity index (χ0v) is 17.9. The molecule has 4 aromatic rings. The Hall–Kier alpha value is -3.52. The van der Waals surface area contributed by atoms with Crippen LogP contribution in [0.5, 0.6) is 5.75 Å². The summed E-state index contributed by atoms with van der Waals surface area (Å²) in [5.74, 6) is -0.323. The van der Waals surface area contributed by atoms with Crippen molar-refractivity contribution >= 4 is 28.8 Å². The maximum atomic E-state index is 13.4. The number of amides is 1. The number of carbonyl (C=O) groups excluding carboxylic acids is 1. The average Bonchev–Trinajstić information content (AvgIpc) is 3.14. The molecule has 0 spiro atoms. The molecule has 0 saturated heterocycles. The van der Waals surface area contributed by atoms with Crippen LogP contribution in [0.2, 0.25) is 5.02 Å². The largest absolute Gasteiger partial charge is 0.495 e. The molecule has 31 heavy (non-hydrogen) atoms. The molecular formula is C22H19ClFN5O2. The number of nitrogens with one attached hydrogen (secondary N) is 1. The van der Waals surface area contributed by atoms with Gasteiger partial charge in [-0.15, -0.1) is 10.2 Å². The van der Waals surface area contributed by atoms with Gasteiger partial charge in [0.2, 0.25) is 0 Å². The number of rotatable bonds is 5. The predicted molar refractivity (Wildman–Crippen MR) is 116 cm³/mol. The van der Waals surface area contributed by atoms with E-state index in [0.29, 0.717) is 34.2 Å². The van der Waals surface area contributed by atoms with E-state index in [1.165, 1.54) is 19.2 Å². The van der Waals surface area contributed by atoms with Gasteiger partial charge in [0.1, 0.15) is 11.6 Å². The zero-order valence-electron chi connectivity index (χ0n) is 17.1. The summed E-state index contributed by atoms with van der Waals surface area (Å²) in [5, 5.41) is 16.3. The van der Waals surface area contributed by atoms with Gasteiger partial charge in [-0.25, -0.2) is 8.91 Å². The molecule has 158 valence electrons. The highest BCUT2D eigenvalue weighted by atomic mass is 35.5. The van der Waals surface area contributed by atoms with Crippen LogP contribution < -0.4 is 10.1 Å². The van der Waals surface area contributed by atoms with Gasteiger partial charge in [-0.1, -0.05) is 30.7 Å². The zero-order chi connectivity index (χ0) is 22.1. The molecule has 0 radical (unpaired) electrons. The Morgan fingerprint density at radius 1 is 1.19 bits per heavy atom. The van der Waals surface area contributed by atoms with Gasteiger partial charge in [-0.2, -0.15) is 5.10 Å². The SMILES string of the molecule is CCc1nn2c(C)c(C(=O)Nc3cc(Cl)ccc3OC)nnc2c1-c1ccc(F)cc1. The molecule has 2 aromatic carbocycles. The lowest BCUT2D eigenvalue weighted by Crippen LogP contribution is -2.19. The third kappa shape index (κ3) is 3.82. The van der Waals surface area contributed by atoms with Gasteiger partial charge in [0.05, 0.1) is 29.7 Å². The number of hydrogen-bond acceptors (Lipinski definition) is 5. The molecule has 4 rings (SSSR count). The number of benzene rings is 2. The maximum absolute atomic E-state index is 13.4. The molecule has 0 atom stereocenters. The predicted octanol–water partition coefficient (Wildman–Crippen LogP) is 4.72. The van der Waals surface area contributed by atoms with E-state index in [1.54, 1.807) is 41.8 Å². The molecule has 2 aromatic heterocycles. The van der Waals surface area contributed by atoms with Gasteiger partial charge in [0.25, 0.3) is 5.91 Å². The fourth-order valence-electron chi connectivity index (χ4n) is 3.38. The second kappa shape index (κ2) is 8.31. The standard InChI is InChI=1S/C22H19ClFN5O2/c1-4-16-19(13-5-8-15(24)9-6-13)21-27-26-20(12(2)29(21)28-16)22(30)25-17-11-14(23)7-10-18(17)31-3/h5-11H,4H2,1-3H3,(H,25,30). The number of aromatic nitrogens is 4. The van der Waals surface area contributed by atoms with Crippen LogP contribution in [0, 0.1) is 12.7 Å². The Kier molecular flexibility index (Phi) is 5.56. The number of anilines is 1. The lowest BCUT2D eigenvalue weighted by atomic mass is 10.0. The van der Waals surface area contributed by atoms with Crippen molar-refractivity contribution in [3.63, 3.8) is 0 Å². The summed E-state index contributed by atoms with van der Waals surface area (Å²) in [5.41, 5.74) is 3.88. The Balaban J connectivity index is 1.77. The molecule has 0 aliphatic heterocycles. The summed E-state index contributed by atoms with van der Waals surface area (Å²) < 4.78 is 20.2. The molecule has 1 amide bonds. The van der Waals surface area contributed by atoms with Gasteiger partial charge in [0, 0.05) is 5.02 Å². The molecular weight excluding hydrogens is 421 g/mol. The van der Waals surface area contributed by atoms with E-state index in [-0.39, 0.29) is 11.5 Å². The lowest BCUT2D eigenvalue weighted by molar-refractivity contribution is 0.101. The van der Waals surface area contributed by atoms with Crippen LogP contribution in [0.1, 0.15) is 28.8 Å².